The van der Waals surface area contributed by atoms with Crippen molar-refractivity contribution in [2.45, 2.75) is 18.5 Å². The Kier molecular flexibility index (Phi) is 4.77. The molecule has 0 saturated carbocycles. The SMILES string of the molecule is CNC(C)(C#N)CN1CCN(C)CC1c1ccccc1. The van der Waals surface area contributed by atoms with Gasteiger partial charge in [0, 0.05) is 32.2 Å². The monoisotopic (exact) mass is 272 g/mol. The fourth-order valence-corrected chi connectivity index (χ4v) is 2.71. The number of rotatable bonds is 4. The van der Waals surface area contributed by atoms with Crippen molar-refractivity contribution in [2.75, 3.05) is 40.3 Å². The Morgan fingerprint density at radius 1 is 1.35 bits per heavy atom. The molecule has 1 aromatic rings. The van der Waals surface area contributed by atoms with Crippen molar-refractivity contribution in [3.8, 4) is 6.07 Å². The molecule has 0 amide bonds. The van der Waals surface area contributed by atoms with Gasteiger partial charge < -0.3 is 10.2 Å². The van der Waals surface area contributed by atoms with Crippen LogP contribution in [0.5, 0.6) is 0 Å². The second kappa shape index (κ2) is 6.36. The van der Waals surface area contributed by atoms with Gasteiger partial charge in [-0.25, -0.2) is 0 Å². The molecular formula is C16H24N4. The highest BCUT2D eigenvalue weighted by Gasteiger charge is 2.32. The average Bonchev–Trinajstić information content (AvgIpc) is 2.50. The molecule has 1 aliphatic rings. The van der Waals surface area contributed by atoms with Gasteiger partial charge in [0.15, 0.2) is 0 Å². The van der Waals surface area contributed by atoms with Gasteiger partial charge in [-0.1, -0.05) is 30.3 Å². The molecule has 20 heavy (non-hydrogen) atoms. The fraction of sp³-hybridized carbons (Fsp3) is 0.562. The topological polar surface area (TPSA) is 42.3 Å². The maximum absolute atomic E-state index is 9.38. The molecule has 1 aromatic carbocycles. The van der Waals surface area contributed by atoms with E-state index >= 15 is 0 Å². The van der Waals surface area contributed by atoms with Gasteiger partial charge in [0.1, 0.15) is 5.54 Å². The third-order valence-electron chi connectivity index (χ3n) is 4.20. The van der Waals surface area contributed by atoms with Gasteiger partial charge in [-0.2, -0.15) is 5.26 Å². The summed E-state index contributed by atoms with van der Waals surface area (Å²) < 4.78 is 0. The average molecular weight is 272 g/mol. The van der Waals surface area contributed by atoms with Crippen LogP contribution in [0.15, 0.2) is 30.3 Å². The van der Waals surface area contributed by atoms with E-state index in [4.69, 9.17) is 0 Å². The molecule has 4 nitrogen and oxygen atoms in total. The first kappa shape index (κ1) is 15.0. The molecule has 0 radical (unpaired) electrons. The molecule has 1 heterocycles. The lowest BCUT2D eigenvalue weighted by Crippen LogP contribution is -2.55. The molecule has 0 spiro atoms. The normalized spacial score (nSPS) is 24.0. The highest BCUT2D eigenvalue weighted by molar-refractivity contribution is 5.21. The Balaban J connectivity index is 2.19. The number of nitrogens with zero attached hydrogens (tertiary/aromatic N) is 3. The van der Waals surface area contributed by atoms with Crippen LogP contribution in [0.3, 0.4) is 0 Å². The quantitative estimate of drug-likeness (QED) is 0.901. The Labute approximate surface area is 122 Å². The van der Waals surface area contributed by atoms with Crippen molar-refractivity contribution in [1.82, 2.24) is 15.1 Å². The number of benzene rings is 1. The molecule has 0 aliphatic carbocycles. The summed E-state index contributed by atoms with van der Waals surface area (Å²) in [5, 5.41) is 12.5. The molecule has 0 aromatic heterocycles. The first-order valence-electron chi connectivity index (χ1n) is 7.16. The van der Waals surface area contributed by atoms with Crippen molar-refractivity contribution in [2.24, 2.45) is 0 Å². The first-order valence-corrected chi connectivity index (χ1v) is 7.16. The van der Waals surface area contributed by atoms with Crippen LogP contribution in [0.4, 0.5) is 0 Å². The van der Waals surface area contributed by atoms with Gasteiger partial charge in [-0.15, -0.1) is 0 Å². The minimum absolute atomic E-state index is 0.357. The number of hydrogen-bond acceptors (Lipinski definition) is 4. The van der Waals surface area contributed by atoms with Crippen molar-refractivity contribution < 1.29 is 0 Å². The van der Waals surface area contributed by atoms with Crippen LogP contribution in [-0.2, 0) is 0 Å². The maximum atomic E-state index is 9.38. The fourth-order valence-electron chi connectivity index (χ4n) is 2.71. The Bertz CT molecular complexity index is 467. The molecule has 1 aliphatic heterocycles. The van der Waals surface area contributed by atoms with E-state index in [0.29, 0.717) is 6.04 Å². The molecule has 108 valence electrons. The van der Waals surface area contributed by atoms with Gasteiger partial charge >= 0.3 is 0 Å². The van der Waals surface area contributed by atoms with Crippen LogP contribution < -0.4 is 5.32 Å². The summed E-state index contributed by atoms with van der Waals surface area (Å²) in [5.41, 5.74) is 0.832. The lowest BCUT2D eigenvalue weighted by atomic mass is 9.98. The predicted octanol–water partition coefficient (Wildman–Crippen LogP) is 1.48. The number of likely N-dealkylation sites (N-methyl/N-ethyl adjacent to an activating group) is 2. The highest BCUT2D eigenvalue weighted by Crippen LogP contribution is 2.26. The van der Waals surface area contributed by atoms with Gasteiger partial charge in [0.05, 0.1) is 6.07 Å². The molecule has 1 N–H and O–H groups in total. The van der Waals surface area contributed by atoms with E-state index in [9.17, 15) is 5.26 Å². The van der Waals surface area contributed by atoms with E-state index in [1.54, 1.807) is 0 Å². The minimum Gasteiger partial charge on any atom is -0.303 e. The summed E-state index contributed by atoms with van der Waals surface area (Å²) in [4.78, 5) is 4.78. The molecule has 2 rings (SSSR count). The van der Waals surface area contributed by atoms with E-state index in [0.717, 1.165) is 26.2 Å². The van der Waals surface area contributed by atoms with Crippen LogP contribution in [-0.4, -0.2) is 55.6 Å². The molecule has 2 atom stereocenters. The van der Waals surface area contributed by atoms with Gasteiger partial charge in [0.2, 0.25) is 0 Å². The van der Waals surface area contributed by atoms with E-state index in [2.05, 4.69) is 52.5 Å². The van der Waals surface area contributed by atoms with Crippen molar-refractivity contribution in [3.63, 3.8) is 0 Å². The summed E-state index contributed by atoms with van der Waals surface area (Å²) in [5.74, 6) is 0. The first-order chi connectivity index (χ1) is 9.58. The number of hydrogen-bond donors (Lipinski definition) is 1. The smallest absolute Gasteiger partial charge is 0.116 e. The van der Waals surface area contributed by atoms with Gasteiger partial charge in [-0.3, -0.25) is 4.90 Å². The molecule has 0 bridgehead atoms. The van der Waals surface area contributed by atoms with Gasteiger partial charge in [-0.05, 0) is 26.6 Å². The number of piperazine rings is 1. The molecule has 1 fully saturated rings. The number of nitriles is 1. The summed E-state index contributed by atoms with van der Waals surface area (Å²) in [7, 11) is 4.02. The van der Waals surface area contributed by atoms with Crippen LogP contribution in [0, 0.1) is 11.3 Å². The summed E-state index contributed by atoms with van der Waals surface area (Å²) in [6.07, 6.45) is 0. The summed E-state index contributed by atoms with van der Waals surface area (Å²) in [6.45, 7) is 5.76. The lowest BCUT2D eigenvalue weighted by Gasteiger charge is -2.42. The van der Waals surface area contributed by atoms with Crippen LogP contribution in [0.1, 0.15) is 18.5 Å². The van der Waals surface area contributed by atoms with E-state index in [-0.39, 0.29) is 0 Å². The Hall–Kier alpha value is -1.41. The number of nitrogens with one attached hydrogen (secondary N) is 1. The molecular weight excluding hydrogens is 248 g/mol. The third kappa shape index (κ3) is 3.37. The van der Waals surface area contributed by atoms with Gasteiger partial charge in [0.25, 0.3) is 0 Å². The van der Waals surface area contributed by atoms with Crippen LogP contribution in [0.25, 0.3) is 0 Å². The van der Waals surface area contributed by atoms with Crippen molar-refractivity contribution >= 4 is 0 Å². The van der Waals surface area contributed by atoms with Crippen LogP contribution in [0.2, 0.25) is 0 Å². The Morgan fingerprint density at radius 3 is 2.65 bits per heavy atom. The minimum atomic E-state index is -0.497. The Morgan fingerprint density at radius 2 is 2.05 bits per heavy atom. The van der Waals surface area contributed by atoms with Crippen molar-refractivity contribution in [3.05, 3.63) is 35.9 Å². The third-order valence-corrected chi connectivity index (χ3v) is 4.20. The zero-order valence-electron chi connectivity index (χ0n) is 12.6. The standard InChI is InChI=1S/C16H24N4/c1-16(12-17,18-2)13-20-10-9-19(3)11-15(20)14-7-5-4-6-8-14/h4-8,15,18H,9-11,13H2,1-3H3. The second-order valence-electron chi connectivity index (χ2n) is 5.85. The van der Waals surface area contributed by atoms with E-state index < -0.39 is 5.54 Å². The van der Waals surface area contributed by atoms with E-state index in [1.165, 1.54) is 5.56 Å². The molecule has 2 unspecified atom stereocenters. The zero-order valence-corrected chi connectivity index (χ0v) is 12.6. The van der Waals surface area contributed by atoms with Crippen LogP contribution >= 0.6 is 0 Å². The predicted molar refractivity (Wildman–Crippen MR) is 81.3 cm³/mol. The largest absolute Gasteiger partial charge is 0.303 e. The van der Waals surface area contributed by atoms with Crippen molar-refractivity contribution in [1.29, 1.82) is 5.26 Å². The summed E-state index contributed by atoms with van der Waals surface area (Å²) >= 11 is 0. The maximum Gasteiger partial charge on any atom is 0.116 e. The lowest BCUT2D eigenvalue weighted by molar-refractivity contribution is 0.0744. The van der Waals surface area contributed by atoms with E-state index in [1.807, 2.05) is 20.0 Å². The summed E-state index contributed by atoms with van der Waals surface area (Å²) in [6, 6.07) is 13.3. The highest BCUT2D eigenvalue weighted by atomic mass is 15.3. The second-order valence-corrected chi connectivity index (χ2v) is 5.85. The molecule has 1 saturated heterocycles. The molecule has 4 heteroatoms. The zero-order chi connectivity index (χ0) is 14.6.